The Hall–Kier alpha value is -0.890. The summed E-state index contributed by atoms with van der Waals surface area (Å²) in [6.07, 6.45) is 4.97. The molecule has 0 aromatic heterocycles. The van der Waals surface area contributed by atoms with Crippen molar-refractivity contribution in [2.45, 2.75) is 52.5 Å². The van der Waals surface area contributed by atoms with Crippen molar-refractivity contribution in [3.05, 3.63) is 35.6 Å². The lowest BCUT2D eigenvalue weighted by molar-refractivity contribution is 0.121. The lowest BCUT2D eigenvalue weighted by atomic mass is 9.69. The highest BCUT2D eigenvalue weighted by molar-refractivity contribution is 5.17. The second kappa shape index (κ2) is 4.84. The molecule has 1 aromatic carbocycles. The van der Waals surface area contributed by atoms with Gasteiger partial charge in [-0.2, -0.15) is 0 Å². The molecule has 110 valence electrons. The molecule has 2 saturated carbocycles. The fourth-order valence-corrected chi connectivity index (χ4v) is 4.60. The molecule has 0 amide bonds. The maximum Gasteiger partial charge on any atom is 0.123 e. The molecule has 3 unspecified atom stereocenters. The van der Waals surface area contributed by atoms with Gasteiger partial charge in [-0.05, 0) is 66.7 Å². The van der Waals surface area contributed by atoms with Gasteiger partial charge in [-0.15, -0.1) is 0 Å². The van der Waals surface area contributed by atoms with Crippen LogP contribution in [0.4, 0.5) is 4.39 Å². The Balaban J connectivity index is 1.58. The molecule has 2 heteroatoms. The van der Waals surface area contributed by atoms with E-state index in [1.54, 1.807) is 12.1 Å². The Morgan fingerprint density at radius 2 is 2.10 bits per heavy atom. The number of benzene rings is 1. The third-order valence-electron chi connectivity index (χ3n) is 6.49. The number of hydrogen-bond donors (Lipinski definition) is 1. The highest BCUT2D eigenvalue weighted by Crippen LogP contribution is 2.65. The maximum absolute atomic E-state index is 13.2. The van der Waals surface area contributed by atoms with Crippen LogP contribution in [0, 0.1) is 22.6 Å². The maximum atomic E-state index is 13.2. The van der Waals surface area contributed by atoms with Crippen LogP contribution in [0.3, 0.4) is 0 Å². The average Bonchev–Trinajstić information content (AvgIpc) is 2.72. The summed E-state index contributed by atoms with van der Waals surface area (Å²) in [6, 6.07) is 7.60. The van der Waals surface area contributed by atoms with Gasteiger partial charge in [0.15, 0.2) is 0 Å². The number of fused-ring (bicyclic) bond motifs is 2. The molecule has 2 aliphatic rings. The normalized spacial score (nSPS) is 34.6. The van der Waals surface area contributed by atoms with Gasteiger partial charge in [-0.1, -0.05) is 32.9 Å². The van der Waals surface area contributed by atoms with Crippen LogP contribution in [0.1, 0.15) is 45.6 Å². The third-order valence-corrected chi connectivity index (χ3v) is 6.49. The fraction of sp³-hybridized carbons (Fsp3) is 0.667. The van der Waals surface area contributed by atoms with Gasteiger partial charge in [-0.3, -0.25) is 0 Å². The molecule has 2 aliphatic carbocycles. The Labute approximate surface area is 122 Å². The predicted molar refractivity (Wildman–Crippen MR) is 81.1 cm³/mol. The van der Waals surface area contributed by atoms with E-state index >= 15 is 0 Å². The summed E-state index contributed by atoms with van der Waals surface area (Å²) < 4.78 is 13.2. The van der Waals surface area contributed by atoms with Gasteiger partial charge in [0.1, 0.15) is 5.82 Å². The monoisotopic (exact) mass is 275 g/mol. The van der Waals surface area contributed by atoms with Crippen molar-refractivity contribution < 1.29 is 4.39 Å². The van der Waals surface area contributed by atoms with Gasteiger partial charge < -0.3 is 5.32 Å². The lowest BCUT2D eigenvalue weighted by Crippen LogP contribution is -2.45. The quantitative estimate of drug-likeness (QED) is 0.869. The van der Waals surface area contributed by atoms with E-state index in [0.29, 0.717) is 16.9 Å². The summed E-state index contributed by atoms with van der Waals surface area (Å²) in [5.41, 5.74) is 1.98. The minimum atomic E-state index is -0.129. The van der Waals surface area contributed by atoms with Crippen molar-refractivity contribution in [1.29, 1.82) is 0 Å². The van der Waals surface area contributed by atoms with E-state index in [4.69, 9.17) is 0 Å². The van der Waals surface area contributed by atoms with E-state index in [9.17, 15) is 4.39 Å². The Kier molecular flexibility index (Phi) is 3.40. The van der Waals surface area contributed by atoms with E-state index in [1.165, 1.54) is 25.3 Å². The molecular formula is C18H26FN. The van der Waals surface area contributed by atoms with Gasteiger partial charge in [0.25, 0.3) is 0 Å². The number of nitrogens with one attached hydrogen (secondary N) is 1. The number of hydrogen-bond acceptors (Lipinski definition) is 1. The Bertz CT molecular complexity index is 496. The summed E-state index contributed by atoms with van der Waals surface area (Å²) in [5.74, 6) is 0.745. The summed E-state index contributed by atoms with van der Waals surface area (Å²) in [6.45, 7) is 8.30. The van der Waals surface area contributed by atoms with Crippen LogP contribution in [-0.2, 0) is 6.42 Å². The first-order chi connectivity index (χ1) is 9.43. The van der Waals surface area contributed by atoms with Crippen molar-refractivity contribution >= 4 is 0 Å². The van der Waals surface area contributed by atoms with Crippen LogP contribution in [0.2, 0.25) is 0 Å². The molecule has 20 heavy (non-hydrogen) atoms. The van der Waals surface area contributed by atoms with Crippen LogP contribution >= 0.6 is 0 Å². The summed E-state index contributed by atoms with van der Waals surface area (Å²) in [5, 5.41) is 3.75. The largest absolute Gasteiger partial charge is 0.313 e. The molecule has 0 radical (unpaired) electrons. The number of halogens is 1. The predicted octanol–water partition coefficient (Wildman–Crippen LogP) is 4.17. The third kappa shape index (κ3) is 2.09. The van der Waals surface area contributed by atoms with E-state index in [1.807, 2.05) is 6.07 Å². The van der Waals surface area contributed by atoms with Crippen LogP contribution in [0.5, 0.6) is 0 Å². The lowest BCUT2D eigenvalue weighted by Gasteiger charge is -2.39. The van der Waals surface area contributed by atoms with Crippen LogP contribution < -0.4 is 5.32 Å². The van der Waals surface area contributed by atoms with Crippen LogP contribution in [0.15, 0.2) is 24.3 Å². The molecule has 0 spiro atoms. The van der Waals surface area contributed by atoms with Gasteiger partial charge in [0, 0.05) is 6.04 Å². The molecule has 0 aliphatic heterocycles. The first-order valence-corrected chi connectivity index (χ1v) is 7.91. The van der Waals surface area contributed by atoms with Gasteiger partial charge in [0.2, 0.25) is 0 Å². The summed E-state index contributed by atoms with van der Waals surface area (Å²) in [7, 11) is 0. The van der Waals surface area contributed by atoms with E-state index < -0.39 is 0 Å². The van der Waals surface area contributed by atoms with Crippen molar-refractivity contribution in [3.8, 4) is 0 Å². The zero-order valence-corrected chi connectivity index (χ0v) is 12.9. The molecule has 1 aromatic rings. The van der Waals surface area contributed by atoms with Gasteiger partial charge in [0.05, 0.1) is 0 Å². The Morgan fingerprint density at radius 3 is 2.70 bits per heavy atom. The molecule has 3 atom stereocenters. The molecule has 1 nitrogen and oxygen atoms in total. The van der Waals surface area contributed by atoms with E-state index in [-0.39, 0.29) is 5.82 Å². The van der Waals surface area contributed by atoms with Crippen molar-refractivity contribution in [3.63, 3.8) is 0 Å². The standard InChI is InChI=1S/C18H26FN/c1-17(2)14-7-9-18(17,3)16(12-14)20-10-8-13-5-4-6-15(19)11-13/h4-6,11,14,16,20H,7-10,12H2,1-3H3. The second-order valence-electron chi connectivity index (χ2n) is 7.50. The minimum Gasteiger partial charge on any atom is -0.313 e. The summed E-state index contributed by atoms with van der Waals surface area (Å²) >= 11 is 0. The molecule has 0 saturated heterocycles. The van der Waals surface area contributed by atoms with Crippen LogP contribution in [-0.4, -0.2) is 12.6 Å². The highest BCUT2D eigenvalue weighted by Gasteiger charge is 2.60. The topological polar surface area (TPSA) is 12.0 Å². The number of rotatable bonds is 4. The first kappa shape index (κ1) is 14.1. The van der Waals surface area contributed by atoms with E-state index in [0.717, 1.165) is 24.4 Å². The van der Waals surface area contributed by atoms with Gasteiger partial charge >= 0.3 is 0 Å². The highest BCUT2D eigenvalue weighted by atomic mass is 19.1. The Morgan fingerprint density at radius 1 is 1.30 bits per heavy atom. The molecule has 0 heterocycles. The molecule has 1 N–H and O–H groups in total. The minimum absolute atomic E-state index is 0.129. The first-order valence-electron chi connectivity index (χ1n) is 7.91. The summed E-state index contributed by atoms with van der Waals surface area (Å²) in [4.78, 5) is 0. The molecule has 2 fully saturated rings. The van der Waals surface area contributed by atoms with Crippen molar-refractivity contribution in [2.75, 3.05) is 6.54 Å². The molecular weight excluding hydrogens is 249 g/mol. The molecule has 3 rings (SSSR count). The second-order valence-corrected chi connectivity index (χ2v) is 7.50. The van der Waals surface area contributed by atoms with E-state index in [2.05, 4.69) is 26.1 Å². The molecule has 2 bridgehead atoms. The van der Waals surface area contributed by atoms with Crippen molar-refractivity contribution in [1.82, 2.24) is 5.32 Å². The fourth-order valence-electron chi connectivity index (χ4n) is 4.60. The average molecular weight is 275 g/mol. The van der Waals surface area contributed by atoms with Gasteiger partial charge in [-0.25, -0.2) is 4.39 Å². The SMILES string of the molecule is CC1(C)C2CCC1(C)C(NCCc1cccc(F)c1)C2. The van der Waals surface area contributed by atoms with Crippen LogP contribution in [0.25, 0.3) is 0 Å². The van der Waals surface area contributed by atoms with Crippen molar-refractivity contribution in [2.24, 2.45) is 16.7 Å². The zero-order valence-electron chi connectivity index (χ0n) is 12.9. The zero-order chi connectivity index (χ0) is 14.4. The smallest absolute Gasteiger partial charge is 0.123 e.